The summed E-state index contributed by atoms with van der Waals surface area (Å²) < 4.78 is 0. The van der Waals surface area contributed by atoms with E-state index in [2.05, 4.69) is 10.3 Å². The van der Waals surface area contributed by atoms with Crippen LogP contribution >= 0.6 is 11.3 Å². The number of nitrogens with zero attached hydrogens (tertiary/aromatic N) is 1. The van der Waals surface area contributed by atoms with Crippen molar-refractivity contribution in [1.82, 2.24) is 10.3 Å². The number of nitrogens with one attached hydrogen (secondary N) is 1. The van der Waals surface area contributed by atoms with Crippen molar-refractivity contribution in [1.29, 1.82) is 0 Å². The molecule has 94 valence electrons. The van der Waals surface area contributed by atoms with Crippen molar-refractivity contribution in [2.24, 2.45) is 0 Å². The van der Waals surface area contributed by atoms with Crippen LogP contribution in [0.3, 0.4) is 0 Å². The summed E-state index contributed by atoms with van der Waals surface area (Å²) in [6.07, 6.45) is 3.54. The summed E-state index contributed by atoms with van der Waals surface area (Å²) in [5.41, 5.74) is 0.369. The second-order valence-electron chi connectivity index (χ2n) is 4.09. The highest BCUT2D eigenvalue weighted by Crippen LogP contribution is 2.12. The largest absolute Gasteiger partial charge is 0.506 e. The Hall–Kier alpha value is -1.88. The minimum atomic E-state index is -0.220. The van der Waals surface area contributed by atoms with Crippen LogP contribution in [0.5, 0.6) is 5.75 Å². The summed E-state index contributed by atoms with van der Waals surface area (Å²) in [5, 5.41) is 14.2. The van der Waals surface area contributed by atoms with E-state index < -0.39 is 0 Å². The molecule has 5 heteroatoms. The van der Waals surface area contributed by atoms with Gasteiger partial charge in [-0.2, -0.15) is 0 Å². The fourth-order valence-corrected chi connectivity index (χ4v) is 2.48. The monoisotopic (exact) mass is 262 g/mol. The highest BCUT2D eigenvalue weighted by molar-refractivity contribution is 7.09. The fourth-order valence-electron chi connectivity index (χ4n) is 1.64. The van der Waals surface area contributed by atoms with Gasteiger partial charge in [-0.15, -0.1) is 11.3 Å². The van der Waals surface area contributed by atoms with E-state index in [1.54, 1.807) is 11.3 Å². The summed E-state index contributed by atoms with van der Waals surface area (Å²) in [6, 6.07) is 5.48. The van der Waals surface area contributed by atoms with Gasteiger partial charge in [0.2, 0.25) is 0 Å². The molecular formula is C13H14N2O2S. The quantitative estimate of drug-likeness (QED) is 0.888. The number of thiophene rings is 1. The van der Waals surface area contributed by atoms with Crippen LogP contribution in [0.1, 0.15) is 22.2 Å². The first-order valence-corrected chi connectivity index (χ1v) is 6.50. The van der Waals surface area contributed by atoms with Gasteiger partial charge < -0.3 is 10.4 Å². The predicted molar refractivity (Wildman–Crippen MR) is 70.9 cm³/mol. The van der Waals surface area contributed by atoms with E-state index in [9.17, 15) is 9.90 Å². The van der Waals surface area contributed by atoms with E-state index in [0.29, 0.717) is 5.56 Å². The summed E-state index contributed by atoms with van der Waals surface area (Å²) in [6.45, 7) is 1.95. The number of aromatic nitrogens is 1. The number of hydrogen-bond acceptors (Lipinski definition) is 4. The number of aromatic hydroxyl groups is 1. The van der Waals surface area contributed by atoms with E-state index in [0.717, 1.165) is 6.42 Å². The third-order valence-electron chi connectivity index (χ3n) is 2.45. The molecule has 0 spiro atoms. The minimum absolute atomic E-state index is 0.00596. The van der Waals surface area contributed by atoms with Gasteiger partial charge in [0, 0.05) is 23.5 Å². The van der Waals surface area contributed by atoms with Crippen molar-refractivity contribution in [2.45, 2.75) is 19.4 Å². The zero-order valence-electron chi connectivity index (χ0n) is 9.96. The lowest BCUT2D eigenvalue weighted by molar-refractivity contribution is 0.0939. The first-order chi connectivity index (χ1) is 8.65. The SMILES string of the molecule is CC(Cc1cccs1)NC(=O)c1cncc(O)c1. The zero-order valence-corrected chi connectivity index (χ0v) is 10.8. The Morgan fingerprint density at radius 2 is 2.39 bits per heavy atom. The molecule has 4 nitrogen and oxygen atoms in total. The molecule has 1 atom stereocenters. The maximum atomic E-state index is 11.9. The minimum Gasteiger partial charge on any atom is -0.506 e. The van der Waals surface area contributed by atoms with Crippen molar-refractivity contribution in [2.75, 3.05) is 0 Å². The summed E-state index contributed by atoms with van der Waals surface area (Å²) in [5.74, 6) is -0.226. The highest BCUT2D eigenvalue weighted by atomic mass is 32.1. The standard InChI is InChI=1S/C13H14N2O2S/c1-9(5-12-3-2-4-18-12)15-13(17)10-6-11(16)8-14-7-10/h2-4,6-9,16H,5H2,1H3,(H,15,17). The van der Waals surface area contributed by atoms with Gasteiger partial charge in [0.05, 0.1) is 11.8 Å². The number of carbonyl (C=O) groups is 1. The van der Waals surface area contributed by atoms with Crippen LogP contribution in [-0.4, -0.2) is 22.0 Å². The molecule has 0 bridgehead atoms. The van der Waals surface area contributed by atoms with E-state index in [1.807, 2.05) is 24.4 Å². The molecule has 2 rings (SSSR count). The Morgan fingerprint density at radius 1 is 1.56 bits per heavy atom. The third-order valence-corrected chi connectivity index (χ3v) is 3.35. The highest BCUT2D eigenvalue weighted by Gasteiger charge is 2.11. The molecule has 0 aliphatic heterocycles. The normalized spacial score (nSPS) is 12.1. The number of pyridine rings is 1. The molecule has 0 radical (unpaired) electrons. The topological polar surface area (TPSA) is 62.2 Å². The van der Waals surface area contributed by atoms with Crippen LogP contribution in [0.2, 0.25) is 0 Å². The van der Waals surface area contributed by atoms with Gasteiger partial charge in [-0.3, -0.25) is 9.78 Å². The molecule has 0 saturated heterocycles. The lowest BCUT2D eigenvalue weighted by Crippen LogP contribution is -2.33. The number of amides is 1. The Morgan fingerprint density at radius 3 is 3.06 bits per heavy atom. The van der Waals surface area contributed by atoms with Gasteiger partial charge in [0.1, 0.15) is 5.75 Å². The van der Waals surface area contributed by atoms with E-state index in [-0.39, 0.29) is 17.7 Å². The molecule has 0 aliphatic carbocycles. The van der Waals surface area contributed by atoms with Gasteiger partial charge >= 0.3 is 0 Å². The molecule has 0 saturated carbocycles. The second kappa shape index (κ2) is 5.64. The molecule has 2 N–H and O–H groups in total. The molecule has 2 heterocycles. The third kappa shape index (κ3) is 3.30. The van der Waals surface area contributed by atoms with Crippen LogP contribution in [-0.2, 0) is 6.42 Å². The predicted octanol–water partition coefficient (Wildman–Crippen LogP) is 2.21. The summed E-state index contributed by atoms with van der Waals surface area (Å²) in [4.78, 5) is 16.9. The molecule has 0 aliphatic rings. The van der Waals surface area contributed by atoms with Crippen LogP contribution in [0.15, 0.2) is 36.0 Å². The van der Waals surface area contributed by atoms with E-state index in [1.165, 1.54) is 23.3 Å². The van der Waals surface area contributed by atoms with Crippen molar-refractivity contribution in [3.05, 3.63) is 46.4 Å². The van der Waals surface area contributed by atoms with Crippen LogP contribution < -0.4 is 5.32 Å². The maximum absolute atomic E-state index is 11.9. The average molecular weight is 262 g/mol. The smallest absolute Gasteiger partial charge is 0.253 e. The van der Waals surface area contributed by atoms with Crippen molar-refractivity contribution < 1.29 is 9.90 Å². The first kappa shape index (κ1) is 12.6. The fraction of sp³-hybridized carbons (Fsp3) is 0.231. The molecule has 1 unspecified atom stereocenters. The van der Waals surface area contributed by atoms with Gasteiger partial charge in [-0.1, -0.05) is 6.07 Å². The molecular weight excluding hydrogens is 248 g/mol. The molecule has 2 aromatic heterocycles. The van der Waals surface area contributed by atoms with Gasteiger partial charge in [-0.05, 0) is 24.4 Å². The Labute approximate surface area is 109 Å². The van der Waals surface area contributed by atoms with Crippen LogP contribution in [0.25, 0.3) is 0 Å². The molecule has 18 heavy (non-hydrogen) atoms. The second-order valence-corrected chi connectivity index (χ2v) is 5.12. The van der Waals surface area contributed by atoms with E-state index in [4.69, 9.17) is 0 Å². The van der Waals surface area contributed by atoms with Crippen LogP contribution in [0, 0.1) is 0 Å². The van der Waals surface area contributed by atoms with Crippen LogP contribution in [0.4, 0.5) is 0 Å². The Bertz CT molecular complexity index is 526. The number of hydrogen-bond donors (Lipinski definition) is 2. The van der Waals surface area contributed by atoms with Crippen molar-refractivity contribution in [3.63, 3.8) is 0 Å². The molecule has 0 fully saturated rings. The Kier molecular flexibility index (Phi) is 3.94. The lowest BCUT2D eigenvalue weighted by atomic mass is 10.2. The van der Waals surface area contributed by atoms with Crippen molar-refractivity contribution >= 4 is 17.2 Å². The maximum Gasteiger partial charge on any atom is 0.253 e. The summed E-state index contributed by atoms with van der Waals surface area (Å²) >= 11 is 1.67. The summed E-state index contributed by atoms with van der Waals surface area (Å²) in [7, 11) is 0. The number of rotatable bonds is 4. The van der Waals surface area contributed by atoms with Gasteiger partial charge in [-0.25, -0.2) is 0 Å². The van der Waals surface area contributed by atoms with Gasteiger partial charge in [0.15, 0.2) is 0 Å². The van der Waals surface area contributed by atoms with Gasteiger partial charge in [0.25, 0.3) is 5.91 Å². The molecule has 2 aromatic rings. The number of carbonyl (C=O) groups excluding carboxylic acids is 1. The van der Waals surface area contributed by atoms with Crippen molar-refractivity contribution in [3.8, 4) is 5.75 Å². The Balaban J connectivity index is 1.95. The zero-order chi connectivity index (χ0) is 13.0. The lowest BCUT2D eigenvalue weighted by Gasteiger charge is -2.12. The van der Waals surface area contributed by atoms with E-state index >= 15 is 0 Å². The average Bonchev–Trinajstić information content (AvgIpc) is 2.81. The first-order valence-electron chi connectivity index (χ1n) is 5.62. The molecule has 1 amide bonds. The molecule has 0 aromatic carbocycles.